The summed E-state index contributed by atoms with van der Waals surface area (Å²) in [6.07, 6.45) is 2.32. The van der Waals surface area contributed by atoms with Gasteiger partial charge in [0.2, 0.25) is 5.91 Å². The Morgan fingerprint density at radius 1 is 1.07 bits per heavy atom. The lowest BCUT2D eigenvalue weighted by molar-refractivity contribution is -0.118. The first-order valence-corrected chi connectivity index (χ1v) is 9.76. The second kappa shape index (κ2) is 9.80. The molecule has 1 N–H and O–H groups in total. The third kappa shape index (κ3) is 4.83. The number of carbonyl (C=O) groups excluding carboxylic acids is 1. The lowest BCUT2D eigenvalue weighted by Gasteiger charge is -2.11. The van der Waals surface area contributed by atoms with E-state index in [9.17, 15) is 4.79 Å². The van der Waals surface area contributed by atoms with Crippen molar-refractivity contribution in [2.45, 2.75) is 11.6 Å². The minimum Gasteiger partial charge on any atom is -0.496 e. The summed E-state index contributed by atoms with van der Waals surface area (Å²) in [5.74, 6) is 1.73. The molecule has 0 atom stereocenters. The average Bonchev–Trinajstić information content (AvgIpc) is 3.21. The molecule has 0 fully saturated rings. The number of hydrogen-bond donors (Lipinski definition) is 1. The molecule has 0 saturated carbocycles. The molecule has 0 bridgehead atoms. The molecule has 2 aromatic carbocycles. The largest absolute Gasteiger partial charge is 0.496 e. The minimum absolute atomic E-state index is 0.0607. The van der Waals surface area contributed by atoms with Crippen molar-refractivity contribution in [2.24, 2.45) is 0 Å². The first-order chi connectivity index (χ1) is 13.7. The highest BCUT2D eigenvalue weighted by molar-refractivity contribution is 7.99. The maximum atomic E-state index is 12.2. The van der Waals surface area contributed by atoms with E-state index in [1.807, 2.05) is 53.1 Å². The van der Waals surface area contributed by atoms with Gasteiger partial charge in [0.25, 0.3) is 0 Å². The zero-order valence-electron chi connectivity index (χ0n) is 15.8. The normalized spacial score (nSPS) is 10.5. The van der Waals surface area contributed by atoms with Gasteiger partial charge in [0.1, 0.15) is 17.8 Å². The van der Waals surface area contributed by atoms with Gasteiger partial charge in [-0.05, 0) is 30.2 Å². The highest BCUT2D eigenvalue weighted by Gasteiger charge is 2.13. The number of aromatic nitrogens is 3. The lowest BCUT2D eigenvalue weighted by Crippen LogP contribution is -2.27. The van der Waals surface area contributed by atoms with E-state index in [4.69, 9.17) is 9.47 Å². The van der Waals surface area contributed by atoms with Gasteiger partial charge < -0.3 is 14.8 Å². The summed E-state index contributed by atoms with van der Waals surface area (Å²) in [5, 5.41) is 11.6. The summed E-state index contributed by atoms with van der Waals surface area (Å²) in [5.41, 5.74) is 1.89. The molecular weight excluding hydrogens is 376 g/mol. The Morgan fingerprint density at radius 2 is 1.79 bits per heavy atom. The number of ether oxygens (including phenoxy) is 2. The molecule has 3 aromatic rings. The molecule has 146 valence electrons. The molecule has 1 heterocycles. The summed E-state index contributed by atoms with van der Waals surface area (Å²) >= 11 is 1.33. The van der Waals surface area contributed by atoms with Crippen molar-refractivity contribution in [1.82, 2.24) is 20.1 Å². The molecular formula is C20H22N4O3S. The summed E-state index contributed by atoms with van der Waals surface area (Å²) in [6, 6.07) is 15.4. The van der Waals surface area contributed by atoms with E-state index in [1.54, 1.807) is 20.5 Å². The standard InChI is InChI=1S/C20H22N4O3S/c1-26-17-9-5-3-7-15(17)11-12-21-19(25)13-28-20-23-22-14-24(20)16-8-4-6-10-18(16)27-2/h3-10,14H,11-13H2,1-2H3,(H,21,25). The molecule has 0 spiro atoms. The van der Waals surface area contributed by atoms with Crippen molar-refractivity contribution >= 4 is 17.7 Å². The maximum Gasteiger partial charge on any atom is 0.230 e. The summed E-state index contributed by atoms with van der Waals surface area (Å²) in [6.45, 7) is 0.541. The first-order valence-electron chi connectivity index (χ1n) is 8.77. The number of amides is 1. The van der Waals surface area contributed by atoms with Crippen LogP contribution in [0.15, 0.2) is 60.0 Å². The van der Waals surface area contributed by atoms with Crippen LogP contribution in [0.4, 0.5) is 0 Å². The van der Waals surface area contributed by atoms with Gasteiger partial charge in [-0.2, -0.15) is 0 Å². The number of methoxy groups -OCH3 is 2. The predicted molar refractivity (Wildman–Crippen MR) is 108 cm³/mol. The Bertz CT molecular complexity index is 929. The maximum absolute atomic E-state index is 12.2. The van der Waals surface area contributed by atoms with Gasteiger partial charge in [0, 0.05) is 6.54 Å². The fourth-order valence-corrected chi connectivity index (χ4v) is 3.50. The Morgan fingerprint density at radius 3 is 2.57 bits per heavy atom. The van der Waals surface area contributed by atoms with Gasteiger partial charge in [0.15, 0.2) is 5.16 Å². The Hall–Kier alpha value is -3.00. The van der Waals surface area contributed by atoms with Crippen LogP contribution >= 0.6 is 11.8 Å². The van der Waals surface area contributed by atoms with E-state index in [0.29, 0.717) is 23.9 Å². The van der Waals surface area contributed by atoms with Crippen LogP contribution in [0.1, 0.15) is 5.56 Å². The number of nitrogens with one attached hydrogen (secondary N) is 1. The van der Waals surface area contributed by atoms with E-state index in [2.05, 4.69) is 15.5 Å². The van der Waals surface area contributed by atoms with E-state index in [-0.39, 0.29) is 11.7 Å². The molecule has 0 aliphatic carbocycles. The van der Waals surface area contributed by atoms with Gasteiger partial charge in [-0.3, -0.25) is 9.36 Å². The molecule has 0 aliphatic rings. The number of rotatable bonds is 9. The number of benzene rings is 2. The third-order valence-electron chi connectivity index (χ3n) is 4.10. The summed E-state index contributed by atoms with van der Waals surface area (Å²) in [7, 11) is 3.26. The first kappa shape index (κ1) is 19.8. The minimum atomic E-state index is -0.0607. The van der Waals surface area contributed by atoms with Crippen molar-refractivity contribution in [3.05, 3.63) is 60.4 Å². The van der Waals surface area contributed by atoms with Gasteiger partial charge in [-0.15, -0.1) is 10.2 Å². The smallest absolute Gasteiger partial charge is 0.230 e. The Kier molecular flexibility index (Phi) is 6.91. The molecule has 0 saturated heterocycles. The monoisotopic (exact) mass is 398 g/mol. The molecule has 28 heavy (non-hydrogen) atoms. The molecule has 0 radical (unpaired) electrons. The number of nitrogens with zero attached hydrogens (tertiary/aromatic N) is 3. The second-order valence-corrected chi connectivity index (χ2v) is 6.80. The number of carbonyl (C=O) groups is 1. The quantitative estimate of drug-likeness (QED) is 0.559. The van der Waals surface area contributed by atoms with Crippen molar-refractivity contribution in [1.29, 1.82) is 0 Å². The third-order valence-corrected chi connectivity index (χ3v) is 5.05. The van der Waals surface area contributed by atoms with E-state index >= 15 is 0 Å². The van der Waals surface area contributed by atoms with Crippen LogP contribution in [0.5, 0.6) is 11.5 Å². The molecule has 3 rings (SSSR count). The fourth-order valence-electron chi connectivity index (χ4n) is 2.74. The number of hydrogen-bond acceptors (Lipinski definition) is 6. The Labute approximate surface area is 168 Å². The SMILES string of the molecule is COc1ccccc1CCNC(=O)CSc1nncn1-c1ccccc1OC. The second-order valence-electron chi connectivity index (χ2n) is 5.86. The average molecular weight is 398 g/mol. The zero-order valence-corrected chi connectivity index (χ0v) is 16.6. The Balaban J connectivity index is 1.54. The van der Waals surface area contributed by atoms with Crippen molar-refractivity contribution in [3.63, 3.8) is 0 Å². The number of para-hydroxylation sites is 3. The van der Waals surface area contributed by atoms with Gasteiger partial charge >= 0.3 is 0 Å². The van der Waals surface area contributed by atoms with Crippen molar-refractivity contribution in [3.8, 4) is 17.2 Å². The molecule has 0 unspecified atom stereocenters. The van der Waals surface area contributed by atoms with Crippen LogP contribution < -0.4 is 14.8 Å². The molecule has 1 aromatic heterocycles. The molecule has 8 heteroatoms. The predicted octanol–water partition coefficient (Wildman–Crippen LogP) is 2.74. The van der Waals surface area contributed by atoms with Crippen LogP contribution in [0.3, 0.4) is 0 Å². The van der Waals surface area contributed by atoms with Gasteiger partial charge in [0.05, 0.1) is 25.7 Å². The topological polar surface area (TPSA) is 78.3 Å². The van der Waals surface area contributed by atoms with Gasteiger partial charge in [-0.25, -0.2) is 0 Å². The molecule has 0 aliphatic heterocycles. The van der Waals surface area contributed by atoms with E-state index in [1.165, 1.54) is 11.8 Å². The summed E-state index contributed by atoms with van der Waals surface area (Å²) < 4.78 is 12.5. The molecule has 7 nitrogen and oxygen atoms in total. The van der Waals surface area contributed by atoms with Crippen LogP contribution in [0.25, 0.3) is 5.69 Å². The fraction of sp³-hybridized carbons (Fsp3) is 0.250. The molecule has 1 amide bonds. The lowest BCUT2D eigenvalue weighted by atomic mass is 10.1. The zero-order chi connectivity index (χ0) is 19.8. The van der Waals surface area contributed by atoms with E-state index < -0.39 is 0 Å². The summed E-state index contributed by atoms with van der Waals surface area (Å²) in [4.78, 5) is 12.2. The van der Waals surface area contributed by atoms with Crippen molar-refractivity contribution in [2.75, 3.05) is 26.5 Å². The number of thioether (sulfide) groups is 1. The van der Waals surface area contributed by atoms with Crippen LogP contribution in [0.2, 0.25) is 0 Å². The van der Waals surface area contributed by atoms with Crippen LogP contribution in [-0.2, 0) is 11.2 Å². The van der Waals surface area contributed by atoms with Crippen LogP contribution in [0, 0.1) is 0 Å². The highest BCUT2D eigenvalue weighted by Crippen LogP contribution is 2.26. The van der Waals surface area contributed by atoms with Crippen LogP contribution in [-0.4, -0.2) is 47.2 Å². The van der Waals surface area contributed by atoms with Crippen molar-refractivity contribution < 1.29 is 14.3 Å². The highest BCUT2D eigenvalue weighted by atomic mass is 32.2. The van der Waals surface area contributed by atoms with E-state index in [0.717, 1.165) is 17.0 Å². The van der Waals surface area contributed by atoms with Gasteiger partial charge in [-0.1, -0.05) is 42.1 Å².